The summed E-state index contributed by atoms with van der Waals surface area (Å²) in [5, 5.41) is 5.38. The Kier molecular flexibility index (Phi) is 6.15. The normalized spacial score (nSPS) is 24.8. The Morgan fingerprint density at radius 1 is 1.24 bits per heavy atom. The second-order valence-electron chi connectivity index (χ2n) is 9.83. The van der Waals surface area contributed by atoms with Gasteiger partial charge in [-0.15, -0.1) is 11.3 Å². The van der Waals surface area contributed by atoms with E-state index >= 15 is 0 Å². The first kappa shape index (κ1) is 23.0. The summed E-state index contributed by atoms with van der Waals surface area (Å²) < 4.78 is 8.94. The Balaban J connectivity index is 1.54. The number of carbonyl (C=O) groups is 2. The Labute approximate surface area is 204 Å². The summed E-state index contributed by atoms with van der Waals surface area (Å²) in [4.78, 5) is 29.6. The molecule has 0 spiro atoms. The topological polar surface area (TPSA) is 63.6 Å². The van der Waals surface area contributed by atoms with Crippen LogP contribution in [-0.2, 0) is 17.9 Å². The third-order valence-corrected chi connectivity index (χ3v) is 8.42. The molecule has 1 saturated carbocycles. The molecule has 1 fully saturated rings. The summed E-state index contributed by atoms with van der Waals surface area (Å²) in [5.74, 6) is 1.01. The summed E-state index contributed by atoms with van der Waals surface area (Å²) in [5.41, 5.74) is 1.55. The largest absolute Gasteiger partial charge is 0.494 e. The van der Waals surface area contributed by atoms with Gasteiger partial charge in [0.2, 0.25) is 5.91 Å². The number of amides is 2. The van der Waals surface area contributed by atoms with Crippen LogP contribution in [0.5, 0.6) is 5.75 Å². The summed E-state index contributed by atoms with van der Waals surface area (Å²) in [7, 11) is 0. The monoisotopic (exact) mass is 479 g/mol. The van der Waals surface area contributed by atoms with Gasteiger partial charge in [0.25, 0.3) is 5.91 Å². The van der Waals surface area contributed by atoms with Crippen molar-refractivity contribution >= 4 is 33.4 Å². The molecule has 3 heterocycles. The van der Waals surface area contributed by atoms with E-state index in [2.05, 4.69) is 12.2 Å². The van der Waals surface area contributed by atoms with Crippen LogP contribution in [0, 0.1) is 5.92 Å². The SMILES string of the molecule is CCOc1ccccc1CN1C(=O)c2cc3sccc3n2C[C@]1(C)C(=O)N[C@@H]1CCCC[C@@H]1C. The van der Waals surface area contributed by atoms with Crippen LogP contribution in [0.3, 0.4) is 0 Å². The summed E-state index contributed by atoms with van der Waals surface area (Å²) in [6.07, 6.45) is 4.47. The molecule has 1 N–H and O–H groups in total. The van der Waals surface area contributed by atoms with Gasteiger partial charge < -0.3 is 19.5 Å². The van der Waals surface area contributed by atoms with E-state index in [9.17, 15) is 9.59 Å². The molecule has 180 valence electrons. The average Bonchev–Trinajstić information content (AvgIpc) is 3.42. The average molecular weight is 480 g/mol. The fourth-order valence-electron chi connectivity index (χ4n) is 5.48. The van der Waals surface area contributed by atoms with Crippen molar-refractivity contribution in [2.75, 3.05) is 6.61 Å². The van der Waals surface area contributed by atoms with E-state index in [1.165, 1.54) is 6.42 Å². The van der Waals surface area contributed by atoms with Crippen LogP contribution < -0.4 is 10.1 Å². The zero-order valence-corrected chi connectivity index (χ0v) is 21.0. The van der Waals surface area contributed by atoms with Crippen LogP contribution >= 0.6 is 11.3 Å². The number of hydrogen-bond acceptors (Lipinski definition) is 4. The Hall–Kier alpha value is -2.80. The van der Waals surface area contributed by atoms with Crippen LogP contribution in [0.15, 0.2) is 41.8 Å². The number of aromatic nitrogens is 1. The van der Waals surface area contributed by atoms with Crippen molar-refractivity contribution in [2.45, 2.75) is 71.1 Å². The van der Waals surface area contributed by atoms with Crippen molar-refractivity contribution < 1.29 is 14.3 Å². The van der Waals surface area contributed by atoms with E-state index in [1.54, 1.807) is 16.2 Å². The second kappa shape index (κ2) is 9.10. The van der Waals surface area contributed by atoms with Crippen molar-refractivity contribution in [2.24, 2.45) is 5.92 Å². The molecule has 1 aromatic carbocycles. The fraction of sp³-hybridized carbons (Fsp3) is 0.481. The van der Waals surface area contributed by atoms with Crippen LogP contribution in [0.25, 0.3) is 10.2 Å². The standard InChI is InChI=1S/C27H33N3O3S/c1-4-33-23-12-8-6-10-19(23)16-30-25(31)22-15-24-21(13-14-34-24)29(22)17-27(30,3)26(32)28-20-11-7-5-9-18(20)2/h6,8,10,12-15,18,20H,4-5,7,9,11,16-17H2,1-3H3,(H,28,32)/t18-,20+,27+/m0/s1. The number of ether oxygens (including phenoxy) is 1. The number of rotatable bonds is 6. The minimum absolute atomic E-state index is 0.0729. The lowest BCUT2D eigenvalue weighted by Gasteiger charge is -2.45. The van der Waals surface area contributed by atoms with Gasteiger partial charge in [-0.1, -0.05) is 38.0 Å². The molecule has 3 aromatic rings. The molecule has 5 rings (SSSR count). The van der Waals surface area contributed by atoms with Crippen molar-refractivity contribution in [1.29, 1.82) is 0 Å². The first-order valence-corrected chi connectivity index (χ1v) is 13.2. The lowest BCUT2D eigenvalue weighted by Crippen LogP contribution is -2.65. The molecule has 1 aliphatic carbocycles. The molecule has 1 aliphatic heterocycles. The summed E-state index contributed by atoms with van der Waals surface area (Å²) in [6, 6.07) is 11.9. The van der Waals surface area contributed by atoms with Crippen LogP contribution in [0.2, 0.25) is 0 Å². The first-order valence-electron chi connectivity index (χ1n) is 12.3. The van der Waals surface area contributed by atoms with Gasteiger partial charge in [0, 0.05) is 11.6 Å². The van der Waals surface area contributed by atoms with Gasteiger partial charge in [-0.3, -0.25) is 9.59 Å². The fourth-order valence-corrected chi connectivity index (χ4v) is 6.30. The highest BCUT2D eigenvalue weighted by molar-refractivity contribution is 7.17. The number of carbonyl (C=O) groups excluding carboxylic acids is 2. The second-order valence-corrected chi connectivity index (χ2v) is 10.8. The molecule has 0 bridgehead atoms. The molecular weight excluding hydrogens is 446 g/mol. The number of thiophene rings is 1. The Morgan fingerprint density at radius 3 is 2.82 bits per heavy atom. The van der Waals surface area contributed by atoms with E-state index in [0.717, 1.165) is 40.8 Å². The van der Waals surface area contributed by atoms with Crippen molar-refractivity contribution in [1.82, 2.24) is 14.8 Å². The number of para-hydroxylation sites is 1. The van der Waals surface area contributed by atoms with E-state index in [4.69, 9.17) is 4.74 Å². The molecule has 6 nitrogen and oxygen atoms in total. The van der Waals surface area contributed by atoms with Crippen molar-refractivity contribution in [3.05, 3.63) is 53.0 Å². The van der Waals surface area contributed by atoms with Gasteiger partial charge in [0.15, 0.2) is 0 Å². The number of benzene rings is 1. The zero-order valence-electron chi connectivity index (χ0n) is 20.2. The molecule has 34 heavy (non-hydrogen) atoms. The quantitative estimate of drug-likeness (QED) is 0.528. The molecule has 0 radical (unpaired) electrons. The molecule has 2 aliphatic rings. The highest BCUT2D eigenvalue weighted by atomic mass is 32.1. The maximum atomic E-state index is 13.9. The van der Waals surface area contributed by atoms with Gasteiger partial charge >= 0.3 is 0 Å². The third-order valence-electron chi connectivity index (χ3n) is 7.57. The number of nitrogens with one attached hydrogen (secondary N) is 1. The number of hydrogen-bond donors (Lipinski definition) is 1. The molecule has 7 heteroatoms. The van der Waals surface area contributed by atoms with Gasteiger partial charge in [-0.05, 0) is 56.2 Å². The van der Waals surface area contributed by atoms with Crippen molar-refractivity contribution in [3.63, 3.8) is 0 Å². The molecule has 2 amide bonds. The minimum Gasteiger partial charge on any atom is -0.494 e. The lowest BCUT2D eigenvalue weighted by atomic mass is 9.85. The highest BCUT2D eigenvalue weighted by Crippen LogP contribution is 2.36. The predicted octanol–water partition coefficient (Wildman–Crippen LogP) is 5.21. The molecular formula is C27H33N3O3S. The zero-order chi connectivity index (χ0) is 23.9. The van der Waals surface area contributed by atoms with Gasteiger partial charge in [0.1, 0.15) is 17.0 Å². The van der Waals surface area contributed by atoms with E-state index < -0.39 is 5.54 Å². The maximum absolute atomic E-state index is 13.9. The van der Waals surface area contributed by atoms with E-state index in [-0.39, 0.29) is 17.9 Å². The molecule has 2 aromatic heterocycles. The van der Waals surface area contributed by atoms with Crippen LogP contribution in [-0.4, -0.2) is 39.5 Å². The predicted molar refractivity (Wildman–Crippen MR) is 135 cm³/mol. The van der Waals surface area contributed by atoms with Gasteiger partial charge in [-0.25, -0.2) is 0 Å². The Bertz CT molecular complexity index is 1210. The van der Waals surface area contributed by atoms with Crippen LogP contribution in [0.1, 0.15) is 62.5 Å². The smallest absolute Gasteiger partial charge is 0.271 e. The lowest BCUT2D eigenvalue weighted by molar-refractivity contribution is -0.134. The van der Waals surface area contributed by atoms with E-state index in [0.29, 0.717) is 31.3 Å². The minimum atomic E-state index is -1.02. The Morgan fingerprint density at radius 2 is 2.03 bits per heavy atom. The van der Waals surface area contributed by atoms with Gasteiger partial charge in [-0.2, -0.15) is 0 Å². The van der Waals surface area contributed by atoms with E-state index in [1.807, 2.05) is 60.2 Å². The molecule has 0 saturated heterocycles. The molecule has 0 unspecified atom stereocenters. The number of fused-ring (bicyclic) bond motifs is 3. The first-order chi connectivity index (χ1) is 16.4. The highest BCUT2D eigenvalue weighted by Gasteiger charge is 2.48. The third kappa shape index (κ3) is 3.90. The summed E-state index contributed by atoms with van der Waals surface area (Å²) in [6.45, 7) is 7.37. The van der Waals surface area contributed by atoms with Crippen LogP contribution in [0.4, 0.5) is 0 Å². The van der Waals surface area contributed by atoms with Gasteiger partial charge in [0.05, 0.1) is 29.9 Å². The number of nitrogens with zero attached hydrogens (tertiary/aromatic N) is 2. The maximum Gasteiger partial charge on any atom is 0.271 e. The molecule has 3 atom stereocenters. The summed E-state index contributed by atoms with van der Waals surface area (Å²) >= 11 is 1.62. The van der Waals surface area contributed by atoms with Crippen molar-refractivity contribution in [3.8, 4) is 5.75 Å².